The fourth-order valence-electron chi connectivity index (χ4n) is 2.30. The number of hydrogen-bond donors (Lipinski definition) is 1. The molecule has 0 fully saturated rings. The van der Waals surface area contributed by atoms with Crippen LogP contribution in [0.15, 0.2) is 72.7 Å². The van der Waals surface area contributed by atoms with Crippen LogP contribution in [-0.2, 0) is 4.74 Å². The Bertz CT molecular complexity index is 701. The molecule has 28 heavy (non-hydrogen) atoms. The normalized spacial score (nSPS) is 15.0. The molecule has 0 saturated heterocycles. The van der Waals surface area contributed by atoms with Crippen LogP contribution in [0.3, 0.4) is 0 Å². The van der Waals surface area contributed by atoms with Gasteiger partial charge in [0.15, 0.2) is 0 Å². The summed E-state index contributed by atoms with van der Waals surface area (Å²) in [4.78, 5) is 12.4. The molecule has 0 radical (unpaired) electrons. The first kappa shape index (κ1) is 25.4. The summed E-state index contributed by atoms with van der Waals surface area (Å²) in [5.41, 5.74) is 2.19. The Balaban J connectivity index is 0.00000171. The third kappa shape index (κ3) is 9.40. The molecular weight excluding hydrogens is 346 g/mol. The second kappa shape index (κ2) is 12.8. The topological polar surface area (TPSA) is 38.3 Å². The van der Waals surface area contributed by atoms with Crippen molar-refractivity contribution in [2.75, 3.05) is 0 Å². The average Bonchev–Trinajstić information content (AvgIpc) is 2.90. The Morgan fingerprint density at radius 2 is 1.61 bits per heavy atom. The molecule has 1 aromatic rings. The molecule has 1 atom stereocenters. The van der Waals surface area contributed by atoms with Crippen LogP contribution < -0.4 is 5.32 Å². The predicted octanol–water partition coefficient (Wildman–Crippen LogP) is 6.73. The van der Waals surface area contributed by atoms with Crippen LogP contribution in [0.4, 0.5) is 0 Å². The quantitative estimate of drug-likeness (QED) is 0.585. The number of carbonyl (C=O) groups excluding carboxylic acids is 1. The summed E-state index contributed by atoms with van der Waals surface area (Å²) in [6.07, 6.45) is 9.64. The van der Waals surface area contributed by atoms with Gasteiger partial charge in [0.2, 0.25) is 0 Å². The number of allylic oxidation sites excluding steroid dienone is 4. The van der Waals surface area contributed by atoms with E-state index in [-0.39, 0.29) is 17.4 Å². The van der Waals surface area contributed by atoms with Crippen LogP contribution in [-0.4, -0.2) is 11.5 Å². The Morgan fingerprint density at radius 1 is 1.04 bits per heavy atom. The zero-order valence-corrected chi connectivity index (χ0v) is 18.8. The second-order valence-electron chi connectivity index (χ2n) is 6.89. The molecule has 0 aromatic heterocycles. The van der Waals surface area contributed by atoms with E-state index in [0.717, 1.165) is 11.3 Å². The number of carbonyl (C=O) groups is 1. The number of nitrogens with one attached hydrogen (secondary N) is 1. The van der Waals surface area contributed by atoms with E-state index in [4.69, 9.17) is 4.74 Å². The Hall–Kier alpha value is -2.55. The lowest BCUT2D eigenvalue weighted by Gasteiger charge is -2.25. The maximum Gasteiger partial charge on any atom is 0.255 e. The van der Waals surface area contributed by atoms with E-state index < -0.39 is 0 Å². The van der Waals surface area contributed by atoms with Gasteiger partial charge in [-0.25, -0.2) is 0 Å². The van der Waals surface area contributed by atoms with Gasteiger partial charge in [0.1, 0.15) is 11.4 Å². The average molecular weight is 384 g/mol. The zero-order valence-electron chi connectivity index (χ0n) is 18.8. The highest BCUT2D eigenvalue weighted by atomic mass is 16.5. The van der Waals surface area contributed by atoms with E-state index in [2.05, 4.69) is 11.9 Å². The number of hydrogen-bond acceptors (Lipinski definition) is 2. The molecule has 0 bridgehead atoms. The first-order valence-corrected chi connectivity index (χ1v) is 10.1. The van der Waals surface area contributed by atoms with E-state index in [9.17, 15) is 4.79 Å². The number of aryl methyl sites for hydroxylation is 1. The Kier molecular flexibility index (Phi) is 11.6. The van der Waals surface area contributed by atoms with Crippen molar-refractivity contribution in [3.05, 3.63) is 83.8 Å². The summed E-state index contributed by atoms with van der Waals surface area (Å²) in [7, 11) is 0. The highest BCUT2D eigenvalue weighted by Gasteiger charge is 2.18. The molecular formula is C25H37NO2. The highest BCUT2D eigenvalue weighted by molar-refractivity contribution is 5.95. The summed E-state index contributed by atoms with van der Waals surface area (Å²) in [5, 5.41) is 2.94. The Morgan fingerprint density at radius 3 is 2.14 bits per heavy atom. The standard InChI is InChI=1S/C21H25NO2.2C2H6/c1-15-10-12-17(13-11-15)20(23)22-19-9-7-6-8-18(14-19)16(2)24-21(3,4)5;2*1-2/h6-14,18H,2H2,1,3-5H3,(H,22,23);2*1-2H3. The van der Waals surface area contributed by atoms with Gasteiger partial charge in [-0.3, -0.25) is 4.79 Å². The van der Waals surface area contributed by atoms with Gasteiger partial charge in [0.25, 0.3) is 5.91 Å². The zero-order chi connectivity index (χ0) is 21.7. The van der Waals surface area contributed by atoms with Gasteiger partial charge in [-0.2, -0.15) is 0 Å². The number of ether oxygens (including phenoxy) is 1. The summed E-state index contributed by atoms with van der Waals surface area (Å²) >= 11 is 0. The predicted molar refractivity (Wildman–Crippen MR) is 121 cm³/mol. The van der Waals surface area contributed by atoms with Gasteiger partial charge in [-0.15, -0.1) is 0 Å². The number of benzene rings is 1. The molecule has 3 nitrogen and oxygen atoms in total. The molecule has 3 heteroatoms. The van der Waals surface area contributed by atoms with Crippen LogP contribution in [0.25, 0.3) is 0 Å². The van der Waals surface area contributed by atoms with Gasteiger partial charge in [-0.05, 0) is 52.0 Å². The van der Waals surface area contributed by atoms with Crippen LogP contribution in [0.2, 0.25) is 0 Å². The van der Waals surface area contributed by atoms with E-state index in [1.807, 2.05) is 110 Å². The third-order valence-corrected chi connectivity index (χ3v) is 3.45. The lowest BCUT2D eigenvalue weighted by atomic mass is 10.1. The van der Waals surface area contributed by atoms with Crippen molar-refractivity contribution in [2.45, 2.75) is 61.0 Å². The first-order valence-electron chi connectivity index (χ1n) is 10.1. The monoisotopic (exact) mass is 383 g/mol. The smallest absolute Gasteiger partial charge is 0.255 e. The molecule has 0 aliphatic heterocycles. The molecule has 1 aromatic carbocycles. The third-order valence-electron chi connectivity index (χ3n) is 3.45. The molecule has 1 aliphatic carbocycles. The molecule has 0 saturated carbocycles. The summed E-state index contributed by atoms with van der Waals surface area (Å²) in [6.45, 7) is 20.0. The van der Waals surface area contributed by atoms with Crippen molar-refractivity contribution < 1.29 is 9.53 Å². The SMILES string of the molecule is C=C(OC(C)(C)C)C1C=CC=CC(NC(=O)c2ccc(C)cc2)=C1.CC.CC. The maximum absolute atomic E-state index is 12.4. The minimum Gasteiger partial charge on any atom is -0.492 e. The van der Waals surface area contributed by atoms with Crippen LogP contribution in [0.5, 0.6) is 0 Å². The van der Waals surface area contributed by atoms with Crippen molar-refractivity contribution >= 4 is 5.91 Å². The highest BCUT2D eigenvalue weighted by Crippen LogP contribution is 2.23. The van der Waals surface area contributed by atoms with E-state index >= 15 is 0 Å². The lowest BCUT2D eigenvalue weighted by molar-refractivity contribution is 0.0440. The fourth-order valence-corrected chi connectivity index (χ4v) is 2.30. The second-order valence-corrected chi connectivity index (χ2v) is 6.89. The van der Waals surface area contributed by atoms with Gasteiger partial charge >= 0.3 is 0 Å². The minimum absolute atomic E-state index is 0.0902. The lowest BCUT2D eigenvalue weighted by Crippen LogP contribution is -2.23. The molecule has 0 heterocycles. The van der Waals surface area contributed by atoms with Gasteiger partial charge in [-0.1, -0.05) is 70.2 Å². The van der Waals surface area contributed by atoms with E-state index in [1.165, 1.54) is 0 Å². The van der Waals surface area contributed by atoms with Crippen LogP contribution >= 0.6 is 0 Å². The van der Waals surface area contributed by atoms with E-state index in [0.29, 0.717) is 11.3 Å². The van der Waals surface area contributed by atoms with Crippen molar-refractivity contribution in [3.8, 4) is 0 Å². The van der Waals surface area contributed by atoms with Crippen molar-refractivity contribution in [2.24, 2.45) is 5.92 Å². The number of amides is 1. The molecule has 0 spiro atoms. The molecule has 1 amide bonds. The van der Waals surface area contributed by atoms with Crippen LogP contribution in [0, 0.1) is 12.8 Å². The summed E-state index contributed by atoms with van der Waals surface area (Å²) < 4.78 is 5.85. The van der Waals surface area contributed by atoms with Crippen molar-refractivity contribution in [1.82, 2.24) is 5.32 Å². The molecule has 1 unspecified atom stereocenters. The van der Waals surface area contributed by atoms with Gasteiger partial charge in [0.05, 0.1) is 5.92 Å². The molecule has 1 aliphatic rings. The van der Waals surface area contributed by atoms with Crippen molar-refractivity contribution in [1.29, 1.82) is 0 Å². The minimum atomic E-state index is -0.302. The summed E-state index contributed by atoms with van der Waals surface area (Å²) in [5.74, 6) is 0.436. The molecule has 1 N–H and O–H groups in total. The van der Waals surface area contributed by atoms with Crippen LogP contribution in [0.1, 0.15) is 64.4 Å². The fraction of sp³-hybridized carbons (Fsp3) is 0.400. The van der Waals surface area contributed by atoms with Gasteiger partial charge in [0, 0.05) is 11.3 Å². The van der Waals surface area contributed by atoms with Gasteiger partial charge < -0.3 is 10.1 Å². The largest absolute Gasteiger partial charge is 0.492 e. The molecule has 2 rings (SSSR count). The molecule has 154 valence electrons. The van der Waals surface area contributed by atoms with E-state index in [1.54, 1.807) is 0 Å². The number of rotatable bonds is 4. The Labute approximate surface area is 171 Å². The first-order chi connectivity index (χ1) is 13.2. The maximum atomic E-state index is 12.4. The van der Waals surface area contributed by atoms with Crippen molar-refractivity contribution in [3.63, 3.8) is 0 Å². The summed E-state index contributed by atoms with van der Waals surface area (Å²) in [6, 6.07) is 7.50.